The first-order valence-corrected chi connectivity index (χ1v) is 55.0. The maximum absolute atomic E-state index is 6.66. The molecule has 123 heavy (non-hydrogen) atoms. The Hall–Kier alpha value is -6.21. The first-order chi connectivity index (χ1) is 56.3. The SMILES string of the molecule is CCC.COC1=C(c2cc(C(C)(C)C)cc(C(C)(C)C)c2)C2CC(C)C([Si](C)(C)C3C(C)CC4C(c5cc(C(C)(C)C)cc(C(C)(C)C)c5)=C5CCCC5=CC43)C2C=C1C(C)(C)C.COc1c(C(C)(C)C)cc2c(c1-c1cc(C(C)(C)C)cc(C(C)(C)C)c1)C=C(C)C2[Si](C)(C)C1C(C)=Cc2c1cc1c(c2-c2cc(C(C)(C)C)cc(C(C)(C)C)c2)CCC1. The fraction of sp³-hybridized carbons (Fsp3) is 0.597. The number of ether oxygens (including phenoxy) is 2. The second-order valence-corrected chi connectivity index (χ2v) is 61.9. The van der Waals surface area contributed by atoms with Crippen molar-refractivity contribution in [3.8, 4) is 28.0 Å². The highest BCUT2D eigenvalue weighted by molar-refractivity contribution is 6.82. The lowest BCUT2D eigenvalue weighted by Gasteiger charge is -2.47. The third kappa shape index (κ3) is 18.4. The molecule has 0 heterocycles. The molecule has 0 bridgehead atoms. The minimum Gasteiger partial charge on any atom is -0.496 e. The van der Waals surface area contributed by atoms with Crippen molar-refractivity contribution < 1.29 is 9.47 Å². The third-order valence-corrected chi connectivity index (χ3v) is 40.8. The van der Waals surface area contributed by atoms with E-state index in [9.17, 15) is 0 Å². The number of hydrogen-bond donors (Lipinski definition) is 0. The minimum atomic E-state index is -2.20. The van der Waals surface area contributed by atoms with Crippen LogP contribution < -0.4 is 4.74 Å². The van der Waals surface area contributed by atoms with Crippen molar-refractivity contribution in [2.24, 2.45) is 40.9 Å². The lowest BCUT2D eigenvalue weighted by Crippen LogP contribution is -2.46. The van der Waals surface area contributed by atoms with E-state index < -0.39 is 16.1 Å². The Kier molecular flexibility index (Phi) is 25.8. The molecule has 3 fully saturated rings. The Bertz CT molecular complexity index is 5120. The molecule has 6 aromatic rings. The molecule has 8 aliphatic rings. The summed E-state index contributed by atoms with van der Waals surface area (Å²) in [5, 5.41) is 0. The molecule has 0 radical (unpaired) electrons. The molecular formula is C119H172O2Si2. The topological polar surface area (TPSA) is 18.5 Å². The van der Waals surface area contributed by atoms with Gasteiger partial charge in [0.05, 0.1) is 30.4 Å². The fourth-order valence-electron chi connectivity index (χ4n) is 24.7. The van der Waals surface area contributed by atoms with Crippen LogP contribution >= 0.6 is 0 Å². The van der Waals surface area contributed by atoms with E-state index in [0.717, 1.165) is 17.0 Å². The summed E-state index contributed by atoms with van der Waals surface area (Å²) in [5.74, 6) is 5.80. The molecule has 0 amide bonds. The molecule has 3 saturated carbocycles. The molecule has 0 N–H and O–H groups in total. The Morgan fingerprint density at radius 1 is 0.366 bits per heavy atom. The number of aryl methyl sites for hydroxylation is 1. The fourth-order valence-corrected chi connectivity index (χ4v) is 36.0. The van der Waals surface area contributed by atoms with Crippen LogP contribution in [0.5, 0.6) is 5.75 Å². The van der Waals surface area contributed by atoms with E-state index >= 15 is 0 Å². The van der Waals surface area contributed by atoms with Crippen molar-refractivity contribution in [1.29, 1.82) is 0 Å². The summed E-state index contributed by atoms with van der Waals surface area (Å²) >= 11 is 0. The van der Waals surface area contributed by atoms with Gasteiger partial charge in [-0.05, 0) is 294 Å². The third-order valence-electron chi connectivity index (χ3n) is 31.0. The van der Waals surface area contributed by atoms with Gasteiger partial charge in [0.1, 0.15) is 11.5 Å². The van der Waals surface area contributed by atoms with Crippen molar-refractivity contribution in [1.82, 2.24) is 0 Å². The van der Waals surface area contributed by atoms with E-state index in [1.54, 1.807) is 44.5 Å². The quantitative estimate of drug-likeness (QED) is 0.127. The summed E-state index contributed by atoms with van der Waals surface area (Å²) in [5.41, 5.74) is 44.2. The van der Waals surface area contributed by atoms with Gasteiger partial charge in [-0.15, -0.1) is 0 Å². The van der Waals surface area contributed by atoms with E-state index in [1.807, 2.05) is 14.2 Å². The molecule has 4 heteroatoms. The largest absolute Gasteiger partial charge is 0.496 e. The highest BCUT2D eigenvalue weighted by Gasteiger charge is 2.60. The summed E-state index contributed by atoms with van der Waals surface area (Å²) in [6, 6.07) is 35.6. The van der Waals surface area contributed by atoms with Gasteiger partial charge in [-0.25, -0.2) is 0 Å². The van der Waals surface area contributed by atoms with Crippen molar-refractivity contribution in [3.05, 3.63) is 225 Å². The van der Waals surface area contributed by atoms with E-state index in [2.05, 4.69) is 385 Å². The van der Waals surface area contributed by atoms with Gasteiger partial charge in [-0.1, -0.05) is 388 Å². The molecule has 10 atom stereocenters. The second kappa shape index (κ2) is 33.1. The van der Waals surface area contributed by atoms with Crippen LogP contribution in [0.1, 0.15) is 400 Å². The smallest absolute Gasteiger partial charge is 0.131 e. The van der Waals surface area contributed by atoms with Gasteiger partial charge in [0.2, 0.25) is 0 Å². The Morgan fingerprint density at radius 2 is 0.715 bits per heavy atom. The number of benzene rings is 6. The van der Waals surface area contributed by atoms with Crippen LogP contribution in [0, 0.1) is 40.9 Å². The normalized spacial score (nSPS) is 23.3. The number of fused-ring (bicyclic) bond motifs is 6. The number of methoxy groups -OCH3 is 2. The Morgan fingerprint density at radius 3 is 1.09 bits per heavy atom. The first-order valence-electron chi connectivity index (χ1n) is 48.7. The minimum absolute atomic E-state index is 0.0123. The van der Waals surface area contributed by atoms with E-state index in [1.165, 1.54) is 169 Å². The van der Waals surface area contributed by atoms with E-state index in [0.29, 0.717) is 52.1 Å². The number of rotatable bonds is 10. The maximum Gasteiger partial charge on any atom is 0.131 e. The zero-order chi connectivity index (χ0) is 91.6. The summed E-state index contributed by atoms with van der Waals surface area (Å²) in [6.07, 6.45) is 22.1. The van der Waals surface area contributed by atoms with Crippen LogP contribution in [0.25, 0.3) is 45.6 Å². The molecule has 0 saturated heterocycles. The monoisotopic (exact) mass is 1690 g/mol. The molecule has 668 valence electrons. The molecule has 0 aliphatic heterocycles. The van der Waals surface area contributed by atoms with Crippen molar-refractivity contribution >= 4 is 39.4 Å². The lowest BCUT2D eigenvalue weighted by molar-refractivity contribution is 0.274. The summed E-state index contributed by atoms with van der Waals surface area (Å²) in [6.45, 7) is 97.0. The van der Waals surface area contributed by atoms with Crippen LogP contribution in [0.15, 0.2) is 131 Å². The first kappa shape index (κ1) is 95.9. The Labute approximate surface area is 756 Å². The lowest BCUT2D eigenvalue weighted by atomic mass is 9.70. The average Bonchev–Trinajstić information content (AvgIpc) is 1.56. The highest BCUT2D eigenvalue weighted by atomic mass is 28.3. The zero-order valence-electron chi connectivity index (χ0n) is 86.3. The van der Waals surface area contributed by atoms with Gasteiger partial charge in [-0.3, -0.25) is 0 Å². The Balaban J connectivity index is 0.000000218. The molecule has 14 rings (SSSR count). The summed E-state index contributed by atoms with van der Waals surface area (Å²) < 4.78 is 13.2. The van der Waals surface area contributed by atoms with Crippen molar-refractivity contribution in [2.45, 2.75) is 404 Å². The van der Waals surface area contributed by atoms with Crippen LogP contribution in [0.4, 0.5) is 0 Å². The van der Waals surface area contributed by atoms with E-state index in [4.69, 9.17) is 9.47 Å². The van der Waals surface area contributed by atoms with Crippen molar-refractivity contribution in [3.63, 3.8) is 0 Å². The molecule has 2 nitrogen and oxygen atoms in total. The maximum atomic E-state index is 6.66. The second-order valence-electron chi connectivity index (χ2n) is 52.1. The van der Waals surface area contributed by atoms with Crippen molar-refractivity contribution in [2.75, 3.05) is 14.2 Å². The molecular weight excluding hydrogens is 1520 g/mol. The van der Waals surface area contributed by atoms with Crippen LogP contribution in [-0.2, 0) is 66.3 Å². The summed E-state index contributed by atoms with van der Waals surface area (Å²) in [7, 11) is -0.303. The molecule has 0 spiro atoms. The van der Waals surface area contributed by atoms with Crippen LogP contribution in [-0.4, -0.2) is 30.4 Å². The average molecular weight is 1690 g/mol. The van der Waals surface area contributed by atoms with Gasteiger partial charge in [-0.2, -0.15) is 0 Å². The van der Waals surface area contributed by atoms with Gasteiger partial charge in [0.15, 0.2) is 0 Å². The summed E-state index contributed by atoms with van der Waals surface area (Å²) in [4.78, 5) is 0. The molecule has 6 aromatic carbocycles. The van der Waals surface area contributed by atoms with Gasteiger partial charge < -0.3 is 9.47 Å². The zero-order valence-corrected chi connectivity index (χ0v) is 88.3. The predicted molar refractivity (Wildman–Crippen MR) is 547 cm³/mol. The molecule has 0 aromatic heterocycles. The molecule has 10 unspecified atom stereocenters. The highest BCUT2D eigenvalue weighted by Crippen LogP contribution is 2.69. The number of allylic oxidation sites excluding steroid dienone is 9. The number of hydrogen-bond acceptors (Lipinski definition) is 2. The predicted octanol–water partition coefficient (Wildman–Crippen LogP) is 34.7. The van der Waals surface area contributed by atoms with Crippen LogP contribution in [0.2, 0.25) is 37.3 Å². The van der Waals surface area contributed by atoms with Gasteiger partial charge in [0, 0.05) is 27.8 Å². The van der Waals surface area contributed by atoms with E-state index in [-0.39, 0.29) is 54.1 Å². The van der Waals surface area contributed by atoms with Crippen LogP contribution in [0.3, 0.4) is 0 Å². The molecule has 8 aliphatic carbocycles. The van der Waals surface area contributed by atoms with Gasteiger partial charge >= 0.3 is 0 Å². The van der Waals surface area contributed by atoms with Gasteiger partial charge in [0.25, 0.3) is 0 Å². The standard InChI is InChI=1S/C58H86OSi.C58H78OSi.C3H8/c2*1-34-24-44-46(30-36-22-21-23-43(36)49(44)37-26-39(54(3,4)5)31-40(27-37)55(6,7)8)52(34)60(19,20)53-35(2)25-45-47(53)33-48(58(15,16)17)51(59-18)50(45)38-28-41(56(9,10)11)32-42(29-38)57(12,13)14;1-3-2/h26-35,44-47,52-53H,21-25H2,1-20H3;24-33,52-53H,21-23H2,1-20H3;3H2,1-2H3.